The maximum atomic E-state index is 12.6. The van der Waals surface area contributed by atoms with E-state index < -0.39 is 5.54 Å². The van der Waals surface area contributed by atoms with Crippen LogP contribution < -0.4 is 14.8 Å². The Morgan fingerprint density at radius 1 is 1.27 bits per heavy atom. The number of hydrogen-bond donors (Lipinski definition) is 1. The van der Waals surface area contributed by atoms with Crippen LogP contribution in [0.2, 0.25) is 0 Å². The van der Waals surface area contributed by atoms with E-state index in [4.69, 9.17) is 9.47 Å². The molecule has 0 saturated carbocycles. The quantitative estimate of drug-likeness (QED) is 0.876. The van der Waals surface area contributed by atoms with Gasteiger partial charge in [0.05, 0.1) is 11.6 Å². The van der Waals surface area contributed by atoms with Gasteiger partial charge in [-0.3, -0.25) is 4.79 Å². The Morgan fingerprint density at radius 3 is 2.59 bits per heavy atom. The standard InChI is InChI=1S/C17H22N2O3/c1-3-8-17(12-18,9-4-2)19-16(20)13-6-5-7-14-15(13)22-11-10-21-14/h5-7H,3-4,8-11H2,1-2H3,(H,19,20). The van der Waals surface area contributed by atoms with Crippen molar-refractivity contribution < 1.29 is 14.3 Å². The van der Waals surface area contributed by atoms with Gasteiger partial charge in [0.1, 0.15) is 18.8 Å². The highest BCUT2D eigenvalue weighted by Gasteiger charge is 2.32. The number of para-hydroxylation sites is 1. The second-order valence-corrected chi connectivity index (χ2v) is 5.48. The van der Waals surface area contributed by atoms with Gasteiger partial charge >= 0.3 is 0 Å². The zero-order valence-electron chi connectivity index (χ0n) is 13.1. The molecule has 0 aromatic heterocycles. The largest absolute Gasteiger partial charge is 0.486 e. The zero-order valence-corrected chi connectivity index (χ0v) is 13.1. The second-order valence-electron chi connectivity index (χ2n) is 5.48. The molecule has 1 heterocycles. The molecule has 1 aromatic carbocycles. The number of rotatable bonds is 6. The Bertz CT molecular complexity index is 572. The van der Waals surface area contributed by atoms with Gasteiger partial charge in [0.15, 0.2) is 11.5 Å². The lowest BCUT2D eigenvalue weighted by atomic mass is 9.89. The fourth-order valence-corrected chi connectivity index (χ4v) is 2.78. The molecule has 5 nitrogen and oxygen atoms in total. The van der Waals surface area contributed by atoms with Gasteiger partial charge in [0.2, 0.25) is 0 Å². The van der Waals surface area contributed by atoms with Crippen LogP contribution in [0.15, 0.2) is 18.2 Å². The molecule has 1 aliphatic rings. The summed E-state index contributed by atoms with van der Waals surface area (Å²) in [5, 5.41) is 12.5. The first-order valence-corrected chi connectivity index (χ1v) is 7.78. The molecule has 0 spiro atoms. The van der Waals surface area contributed by atoms with Crippen LogP contribution in [0.4, 0.5) is 0 Å². The summed E-state index contributed by atoms with van der Waals surface area (Å²) in [5.41, 5.74) is -0.400. The Morgan fingerprint density at radius 2 is 1.95 bits per heavy atom. The SMILES string of the molecule is CCCC(C#N)(CCC)NC(=O)c1cccc2c1OCCO2. The molecule has 0 radical (unpaired) electrons. The first-order valence-electron chi connectivity index (χ1n) is 7.78. The number of nitrogens with one attached hydrogen (secondary N) is 1. The average molecular weight is 302 g/mol. The monoisotopic (exact) mass is 302 g/mol. The summed E-state index contributed by atoms with van der Waals surface area (Å²) in [6, 6.07) is 7.53. The number of fused-ring (bicyclic) bond motifs is 1. The third-order valence-corrected chi connectivity index (χ3v) is 3.73. The smallest absolute Gasteiger partial charge is 0.256 e. The number of nitrogens with zero attached hydrogens (tertiary/aromatic N) is 1. The van der Waals surface area contributed by atoms with E-state index in [1.54, 1.807) is 18.2 Å². The molecule has 1 N–H and O–H groups in total. The highest BCUT2D eigenvalue weighted by atomic mass is 16.6. The molecule has 0 bridgehead atoms. The number of amides is 1. The molecule has 5 heteroatoms. The van der Waals surface area contributed by atoms with Crippen molar-refractivity contribution in [3.05, 3.63) is 23.8 Å². The Kier molecular flexibility index (Phi) is 5.26. The van der Waals surface area contributed by atoms with Crippen LogP contribution in [0.3, 0.4) is 0 Å². The minimum atomic E-state index is -0.821. The van der Waals surface area contributed by atoms with Gasteiger partial charge in [-0.05, 0) is 25.0 Å². The normalized spacial score (nSPS) is 13.3. The van der Waals surface area contributed by atoms with Crippen molar-refractivity contribution in [2.45, 2.75) is 45.1 Å². The molecule has 0 fully saturated rings. The molecule has 0 aliphatic carbocycles. The Balaban J connectivity index is 2.26. The highest BCUT2D eigenvalue weighted by Crippen LogP contribution is 2.34. The molecule has 0 unspecified atom stereocenters. The lowest BCUT2D eigenvalue weighted by Gasteiger charge is -2.28. The van der Waals surface area contributed by atoms with Gasteiger partial charge in [0.25, 0.3) is 5.91 Å². The van der Waals surface area contributed by atoms with Crippen LogP contribution in [0.5, 0.6) is 11.5 Å². The van der Waals surface area contributed by atoms with Crippen LogP contribution in [0, 0.1) is 11.3 Å². The van der Waals surface area contributed by atoms with Crippen molar-refractivity contribution >= 4 is 5.91 Å². The van der Waals surface area contributed by atoms with E-state index in [2.05, 4.69) is 11.4 Å². The summed E-state index contributed by atoms with van der Waals surface area (Å²) in [4.78, 5) is 12.6. The molecule has 0 saturated heterocycles. The minimum absolute atomic E-state index is 0.286. The minimum Gasteiger partial charge on any atom is -0.486 e. The van der Waals surface area contributed by atoms with Crippen LogP contribution in [-0.2, 0) is 0 Å². The van der Waals surface area contributed by atoms with E-state index in [1.807, 2.05) is 13.8 Å². The van der Waals surface area contributed by atoms with Crippen molar-refractivity contribution in [3.8, 4) is 17.6 Å². The lowest BCUT2D eigenvalue weighted by Crippen LogP contribution is -2.47. The molecule has 22 heavy (non-hydrogen) atoms. The maximum absolute atomic E-state index is 12.6. The molecule has 2 rings (SSSR count). The first-order chi connectivity index (χ1) is 10.7. The maximum Gasteiger partial charge on any atom is 0.256 e. The van der Waals surface area contributed by atoms with Crippen molar-refractivity contribution in [1.29, 1.82) is 5.26 Å². The summed E-state index contributed by atoms with van der Waals surface area (Å²) in [6.07, 6.45) is 2.94. The van der Waals surface area contributed by atoms with Crippen molar-refractivity contribution in [2.75, 3.05) is 13.2 Å². The Labute approximate surface area is 131 Å². The number of nitriles is 1. The highest BCUT2D eigenvalue weighted by molar-refractivity contribution is 5.98. The fourth-order valence-electron chi connectivity index (χ4n) is 2.78. The third kappa shape index (κ3) is 3.33. The van der Waals surface area contributed by atoms with E-state index >= 15 is 0 Å². The molecular formula is C17H22N2O3. The second kappa shape index (κ2) is 7.17. The summed E-state index contributed by atoms with van der Waals surface area (Å²) in [5.74, 6) is 0.754. The fraction of sp³-hybridized carbons (Fsp3) is 0.529. The van der Waals surface area contributed by atoms with Crippen LogP contribution >= 0.6 is 0 Å². The van der Waals surface area contributed by atoms with Crippen molar-refractivity contribution in [2.24, 2.45) is 0 Å². The Hall–Kier alpha value is -2.22. The van der Waals surface area contributed by atoms with Crippen molar-refractivity contribution in [3.63, 3.8) is 0 Å². The molecule has 1 aliphatic heterocycles. The number of hydrogen-bond acceptors (Lipinski definition) is 4. The predicted molar refractivity (Wildman–Crippen MR) is 83.1 cm³/mol. The predicted octanol–water partition coefficient (Wildman–Crippen LogP) is 3.05. The summed E-state index contributed by atoms with van der Waals surface area (Å²) >= 11 is 0. The van der Waals surface area contributed by atoms with E-state index in [-0.39, 0.29) is 5.91 Å². The van der Waals surface area contributed by atoms with Crippen LogP contribution in [-0.4, -0.2) is 24.7 Å². The van der Waals surface area contributed by atoms with Gasteiger partial charge in [-0.25, -0.2) is 0 Å². The van der Waals surface area contributed by atoms with Gasteiger partial charge < -0.3 is 14.8 Å². The summed E-state index contributed by atoms with van der Waals surface area (Å²) in [6.45, 7) is 4.92. The third-order valence-electron chi connectivity index (χ3n) is 3.73. The summed E-state index contributed by atoms with van der Waals surface area (Å²) < 4.78 is 11.1. The van der Waals surface area contributed by atoms with E-state index in [0.29, 0.717) is 43.1 Å². The summed E-state index contributed by atoms with van der Waals surface area (Å²) in [7, 11) is 0. The molecule has 0 atom stereocenters. The number of ether oxygens (including phenoxy) is 2. The lowest BCUT2D eigenvalue weighted by molar-refractivity contribution is 0.0900. The van der Waals surface area contributed by atoms with Gasteiger partial charge in [-0.15, -0.1) is 0 Å². The molecule has 118 valence electrons. The first kappa shape index (κ1) is 16.2. The van der Waals surface area contributed by atoms with Gasteiger partial charge in [0, 0.05) is 0 Å². The number of carbonyl (C=O) groups is 1. The van der Waals surface area contributed by atoms with Gasteiger partial charge in [-0.1, -0.05) is 32.8 Å². The van der Waals surface area contributed by atoms with E-state index in [0.717, 1.165) is 12.8 Å². The van der Waals surface area contributed by atoms with Gasteiger partial charge in [-0.2, -0.15) is 5.26 Å². The van der Waals surface area contributed by atoms with Crippen LogP contribution in [0.1, 0.15) is 49.9 Å². The molecular weight excluding hydrogens is 280 g/mol. The average Bonchev–Trinajstić information content (AvgIpc) is 2.54. The van der Waals surface area contributed by atoms with E-state index in [1.165, 1.54) is 0 Å². The number of carbonyl (C=O) groups excluding carboxylic acids is 1. The topological polar surface area (TPSA) is 71.4 Å². The van der Waals surface area contributed by atoms with Crippen LogP contribution in [0.25, 0.3) is 0 Å². The zero-order chi connectivity index (χ0) is 16.0. The van der Waals surface area contributed by atoms with Crippen molar-refractivity contribution in [1.82, 2.24) is 5.32 Å². The number of benzene rings is 1. The molecule has 1 amide bonds. The van der Waals surface area contributed by atoms with E-state index in [9.17, 15) is 10.1 Å². The molecule has 1 aromatic rings.